The molecule has 142 valence electrons. The summed E-state index contributed by atoms with van der Waals surface area (Å²) < 4.78 is 7.83. The van der Waals surface area contributed by atoms with Crippen LogP contribution < -0.4 is 5.32 Å². The zero-order valence-corrected chi connectivity index (χ0v) is 15.9. The Balaban J connectivity index is 1.52. The summed E-state index contributed by atoms with van der Waals surface area (Å²) >= 11 is 0. The number of aromatic nitrogens is 3. The number of rotatable bonds is 7. The smallest absolute Gasteiger partial charge is 0.287 e. The van der Waals surface area contributed by atoms with Gasteiger partial charge in [-0.1, -0.05) is 6.42 Å². The number of carbonyl (C=O) groups is 1. The normalized spacial score (nSPS) is 16.8. The molecule has 3 heterocycles. The van der Waals surface area contributed by atoms with Crippen LogP contribution in [0.15, 0.2) is 22.9 Å². The van der Waals surface area contributed by atoms with Gasteiger partial charge in [-0.25, -0.2) is 0 Å². The number of nitrogens with zero attached hydrogens (tertiary/aromatic N) is 4. The average Bonchev–Trinajstić information content (AvgIpc) is 3.31. The van der Waals surface area contributed by atoms with Gasteiger partial charge in [0.15, 0.2) is 5.76 Å². The number of likely N-dealkylation sites (tertiary alicyclic amines) is 1. The number of carbonyl (C=O) groups excluding carboxylic acids is 1. The van der Waals surface area contributed by atoms with Crippen molar-refractivity contribution in [3.05, 3.63) is 35.8 Å². The molecule has 26 heavy (non-hydrogen) atoms. The van der Waals surface area contributed by atoms with Gasteiger partial charge < -0.3 is 14.3 Å². The highest BCUT2D eigenvalue weighted by Gasteiger charge is 2.22. The van der Waals surface area contributed by atoms with Crippen molar-refractivity contribution in [3.8, 4) is 0 Å². The molecule has 1 aliphatic heterocycles. The van der Waals surface area contributed by atoms with Crippen LogP contribution in [0.5, 0.6) is 0 Å². The lowest BCUT2D eigenvalue weighted by Gasteiger charge is -2.31. The Morgan fingerprint density at radius 2 is 2.00 bits per heavy atom. The number of piperidine rings is 1. The summed E-state index contributed by atoms with van der Waals surface area (Å²) in [6.45, 7) is 9.01. The molecule has 0 bridgehead atoms. The Labute approximate surface area is 154 Å². The van der Waals surface area contributed by atoms with E-state index in [0.717, 1.165) is 24.7 Å². The summed E-state index contributed by atoms with van der Waals surface area (Å²) in [6, 6.07) is 4.20. The van der Waals surface area contributed by atoms with Gasteiger partial charge in [0.25, 0.3) is 5.91 Å². The first-order valence-electron chi connectivity index (χ1n) is 9.56. The Bertz CT molecular complexity index is 715. The van der Waals surface area contributed by atoms with Gasteiger partial charge in [0, 0.05) is 19.0 Å². The lowest BCUT2D eigenvalue weighted by atomic mass is 10.1. The quantitative estimate of drug-likeness (QED) is 0.822. The minimum Gasteiger partial charge on any atom is -0.454 e. The third-order valence-corrected chi connectivity index (χ3v) is 5.04. The minimum absolute atomic E-state index is 0.183. The predicted octanol–water partition coefficient (Wildman–Crippen LogP) is 2.97. The molecular formula is C19H29N5O2. The molecule has 1 fully saturated rings. The van der Waals surface area contributed by atoms with Crippen LogP contribution in [0, 0.1) is 0 Å². The molecule has 1 atom stereocenters. The van der Waals surface area contributed by atoms with Crippen LogP contribution in [0.1, 0.15) is 74.3 Å². The molecule has 7 nitrogen and oxygen atoms in total. The van der Waals surface area contributed by atoms with Crippen molar-refractivity contribution < 1.29 is 9.21 Å². The summed E-state index contributed by atoms with van der Waals surface area (Å²) in [4.78, 5) is 14.8. The van der Waals surface area contributed by atoms with Crippen molar-refractivity contribution in [1.29, 1.82) is 0 Å². The van der Waals surface area contributed by atoms with Gasteiger partial charge in [0.1, 0.15) is 17.9 Å². The first-order chi connectivity index (χ1) is 12.6. The van der Waals surface area contributed by atoms with Crippen molar-refractivity contribution in [2.24, 2.45) is 0 Å². The fourth-order valence-corrected chi connectivity index (χ4v) is 3.44. The molecule has 1 saturated heterocycles. The molecule has 2 aromatic heterocycles. The summed E-state index contributed by atoms with van der Waals surface area (Å²) in [6.07, 6.45) is 6.14. The molecule has 0 radical (unpaired) electrons. The molecule has 0 aromatic carbocycles. The van der Waals surface area contributed by atoms with Crippen LogP contribution >= 0.6 is 0 Å². The van der Waals surface area contributed by atoms with Gasteiger partial charge in [0.05, 0.1) is 6.04 Å². The number of amides is 1. The molecule has 7 heteroatoms. The Morgan fingerprint density at radius 1 is 1.23 bits per heavy atom. The lowest BCUT2D eigenvalue weighted by molar-refractivity contribution is 0.0917. The summed E-state index contributed by atoms with van der Waals surface area (Å²) in [7, 11) is 0. The largest absolute Gasteiger partial charge is 0.454 e. The van der Waals surface area contributed by atoms with E-state index in [4.69, 9.17) is 4.42 Å². The third-order valence-electron chi connectivity index (χ3n) is 5.04. The zero-order chi connectivity index (χ0) is 18.5. The highest BCUT2D eigenvalue weighted by Crippen LogP contribution is 2.25. The number of furan rings is 1. The van der Waals surface area contributed by atoms with E-state index in [9.17, 15) is 4.79 Å². The maximum absolute atomic E-state index is 12.3. The Kier molecular flexibility index (Phi) is 6.08. The Hall–Kier alpha value is -2.15. The lowest BCUT2D eigenvalue weighted by Crippen LogP contribution is -2.32. The third kappa shape index (κ3) is 4.33. The maximum atomic E-state index is 12.3. The van der Waals surface area contributed by atoms with Crippen molar-refractivity contribution in [1.82, 2.24) is 25.0 Å². The van der Waals surface area contributed by atoms with Crippen molar-refractivity contribution in [3.63, 3.8) is 0 Å². The second-order valence-corrected chi connectivity index (χ2v) is 7.23. The predicted molar refractivity (Wildman–Crippen MR) is 99.0 cm³/mol. The van der Waals surface area contributed by atoms with Crippen LogP contribution in [0.25, 0.3) is 0 Å². The molecule has 1 aliphatic rings. The Morgan fingerprint density at radius 3 is 2.73 bits per heavy atom. The SMILES string of the molecule is CC(C)n1cnnc1CCNC(=O)c1ccc([C@H](C)N2CCCCC2)o1. The molecule has 0 aliphatic carbocycles. The van der Waals surface area contributed by atoms with E-state index in [-0.39, 0.29) is 11.9 Å². The van der Waals surface area contributed by atoms with Gasteiger partial charge >= 0.3 is 0 Å². The average molecular weight is 359 g/mol. The van der Waals surface area contributed by atoms with E-state index in [1.165, 1.54) is 19.3 Å². The van der Waals surface area contributed by atoms with Gasteiger partial charge in [-0.05, 0) is 58.8 Å². The van der Waals surface area contributed by atoms with E-state index in [2.05, 4.69) is 41.2 Å². The molecule has 2 aromatic rings. The highest BCUT2D eigenvalue weighted by molar-refractivity contribution is 5.91. The number of hydrogen-bond acceptors (Lipinski definition) is 5. The van der Waals surface area contributed by atoms with Gasteiger partial charge in [-0.3, -0.25) is 9.69 Å². The number of hydrogen-bond donors (Lipinski definition) is 1. The summed E-state index contributed by atoms with van der Waals surface area (Å²) in [5.41, 5.74) is 0. The number of nitrogens with one attached hydrogen (secondary N) is 1. The summed E-state index contributed by atoms with van der Waals surface area (Å²) in [5.74, 6) is 1.92. The van der Waals surface area contributed by atoms with Gasteiger partial charge in [-0.15, -0.1) is 10.2 Å². The molecule has 0 spiro atoms. The summed E-state index contributed by atoms with van der Waals surface area (Å²) in [5, 5.41) is 11.0. The van der Waals surface area contributed by atoms with E-state index in [0.29, 0.717) is 24.8 Å². The van der Waals surface area contributed by atoms with Crippen molar-refractivity contribution >= 4 is 5.91 Å². The standard InChI is InChI=1S/C19H29N5O2/c1-14(2)24-13-21-22-18(24)9-10-20-19(25)17-8-7-16(26-17)15(3)23-11-5-4-6-12-23/h7-8,13-15H,4-6,9-12H2,1-3H3,(H,20,25)/t15-/m0/s1. The molecular weight excluding hydrogens is 330 g/mol. The van der Waals surface area contributed by atoms with Crippen molar-refractivity contribution in [2.75, 3.05) is 19.6 Å². The second-order valence-electron chi connectivity index (χ2n) is 7.23. The molecule has 0 unspecified atom stereocenters. The van der Waals surface area contributed by atoms with Crippen LogP contribution in [-0.4, -0.2) is 45.2 Å². The van der Waals surface area contributed by atoms with Crippen LogP contribution in [-0.2, 0) is 6.42 Å². The fraction of sp³-hybridized carbons (Fsp3) is 0.632. The second kappa shape index (κ2) is 8.49. The van der Waals surface area contributed by atoms with Crippen LogP contribution in [0.4, 0.5) is 0 Å². The topological polar surface area (TPSA) is 76.2 Å². The maximum Gasteiger partial charge on any atom is 0.287 e. The molecule has 1 N–H and O–H groups in total. The molecule has 0 saturated carbocycles. The zero-order valence-electron chi connectivity index (χ0n) is 15.9. The van der Waals surface area contributed by atoms with E-state index >= 15 is 0 Å². The highest BCUT2D eigenvalue weighted by atomic mass is 16.4. The van der Waals surface area contributed by atoms with Gasteiger partial charge in [-0.2, -0.15) is 0 Å². The van der Waals surface area contributed by atoms with Crippen molar-refractivity contribution in [2.45, 2.75) is 58.5 Å². The monoisotopic (exact) mass is 359 g/mol. The van der Waals surface area contributed by atoms with Gasteiger partial charge in [0.2, 0.25) is 0 Å². The van der Waals surface area contributed by atoms with Crippen LogP contribution in [0.3, 0.4) is 0 Å². The van der Waals surface area contributed by atoms with E-state index in [1.807, 2.05) is 10.6 Å². The van der Waals surface area contributed by atoms with E-state index < -0.39 is 0 Å². The van der Waals surface area contributed by atoms with Crippen LogP contribution in [0.2, 0.25) is 0 Å². The first kappa shape index (κ1) is 18.6. The molecule has 1 amide bonds. The first-order valence-corrected chi connectivity index (χ1v) is 9.56. The minimum atomic E-state index is -0.183. The molecule has 3 rings (SSSR count). The van der Waals surface area contributed by atoms with E-state index in [1.54, 1.807) is 12.4 Å². The fourth-order valence-electron chi connectivity index (χ4n) is 3.44.